The molecule has 1 atom stereocenters. The van der Waals surface area contributed by atoms with Gasteiger partial charge < -0.3 is 20.2 Å². The van der Waals surface area contributed by atoms with Crippen LogP contribution in [0.15, 0.2) is 28.2 Å². The van der Waals surface area contributed by atoms with Crippen LogP contribution in [0.1, 0.15) is 5.69 Å². The van der Waals surface area contributed by atoms with Crippen molar-refractivity contribution in [1.82, 2.24) is 10.3 Å². The predicted octanol–water partition coefficient (Wildman–Crippen LogP) is 1.41. The molecule has 2 heterocycles. The molecule has 110 valence electrons. The van der Waals surface area contributed by atoms with Gasteiger partial charge in [-0.2, -0.15) is 0 Å². The second-order valence-electron chi connectivity index (χ2n) is 3.90. The molecule has 2 aromatic heterocycles. The molecular weight excluding hydrogens is 302 g/mol. The summed E-state index contributed by atoms with van der Waals surface area (Å²) in [5.41, 5.74) is 6.38. The van der Waals surface area contributed by atoms with Crippen molar-refractivity contribution in [3.63, 3.8) is 0 Å². The second-order valence-corrected chi connectivity index (χ2v) is 4.76. The highest BCUT2D eigenvalue weighted by Gasteiger charge is 2.13. The number of thiazole rings is 1. The van der Waals surface area contributed by atoms with Gasteiger partial charge in [-0.1, -0.05) is 0 Å². The number of furan rings is 1. The van der Waals surface area contributed by atoms with E-state index in [4.69, 9.17) is 14.9 Å². The van der Waals surface area contributed by atoms with Crippen LogP contribution in [0.2, 0.25) is 0 Å². The van der Waals surface area contributed by atoms with Crippen LogP contribution in [-0.4, -0.2) is 30.6 Å². The third-order valence-electron chi connectivity index (χ3n) is 2.41. The summed E-state index contributed by atoms with van der Waals surface area (Å²) in [6, 6.07) is 2.99. The molecule has 20 heavy (non-hydrogen) atoms. The van der Waals surface area contributed by atoms with Gasteiger partial charge in [-0.15, -0.1) is 23.7 Å². The minimum atomic E-state index is -0.659. The van der Waals surface area contributed by atoms with E-state index in [-0.39, 0.29) is 24.9 Å². The molecule has 0 saturated carbocycles. The maximum atomic E-state index is 11.6. The standard InChI is InChI=1S/C12H15N3O3S.ClH/c1-17-6-9(13)11(16)14-5-8-7-19-12(15-8)10-3-2-4-18-10;/h2-4,7,9H,5-6,13H2,1H3,(H,14,16);1H. The normalized spacial score (nSPS) is 11.7. The van der Waals surface area contributed by atoms with Crippen molar-refractivity contribution >= 4 is 29.7 Å². The third-order valence-corrected chi connectivity index (χ3v) is 3.32. The molecule has 0 aromatic carbocycles. The monoisotopic (exact) mass is 317 g/mol. The number of aromatic nitrogens is 1. The average Bonchev–Trinajstić information content (AvgIpc) is 3.06. The van der Waals surface area contributed by atoms with Gasteiger partial charge in [0.15, 0.2) is 10.8 Å². The number of halogens is 1. The zero-order valence-electron chi connectivity index (χ0n) is 10.9. The Hall–Kier alpha value is -1.41. The van der Waals surface area contributed by atoms with Gasteiger partial charge in [0, 0.05) is 12.5 Å². The fourth-order valence-electron chi connectivity index (χ4n) is 1.47. The molecule has 0 bridgehead atoms. The van der Waals surface area contributed by atoms with E-state index >= 15 is 0 Å². The number of rotatable bonds is 6. The van der Waals surface area contributed by atoms with Crippen molar-refractivity contribution in [2.45, 2.75) is 12.6 Å². The van der Waals surface area contributed by atoms with E-state index < -0.39 is 6.04 Å². The highest BCUT2D eigenvalue weighted by Crippen LogP contribution is 2.23. The van der Waals surface area contributed by atoms with Crippen molar-refractivity contribution in [3.05, 3.63) is 29.5 Å². The summed E-state index contributed by atoms with van der Waals surface area (Å²) >= 11 is 1.47. The molecule has 0 aliphatic rings. The number of nitrogens with one attached hydrogen (secondary N) is 1. The molecule has 0 saturated heterocycles. The number of carbonyl (C=O) groups is 1. The molecule has 8 heteroatoms. The molecule has 2 rings (SSSR count). The van der Waals surface area contributed by atoms with Crippen molar-refractivity contribution in [2.75, 3.05) is 13.7 Å². The topological polar surface area (TPSA) is 90.4 Å². The Balaban J connectivity index is 0.00000200. The first-order valence-electron chi connectivity index (χ1n) is 5.71. The molecular formula is C12H16ClN3O3S. The number of nitrogens with two attached hydrogens (primary N) is 1. The Labute approximate surface area is 126 Å². The lowest BCUT2D eigenvalue weighted by atomic mass is 10.3. The van der Waals surface area contributed by atoms with Gasteiger partial charge in [-0.05, 0) is 12.1 Å². The Morgan fingerprint density at radius 2 is 2.45 bits per heavy atom. The van der Waals surface area contributed by atoms with Crippen LogP contribution in [0.4, 0.5) is 0 Å². The smallest absolute Gasteiger partial charge is 0.239 e. The molecule has 0 aliphatic heterocycles. The number of methoxy groups -OCH3 is 1. The van der Waals surface area contributed by atoms with Gasteiger partial charge in [0.1, 0.15) is 6.04 Å². The average molecular weight is 318 g/mol. The van der Waals surface area contributed by atoms with Crippen LogP contribution < -0.4 is 11.1 Å². The van der Waals surface area contributed by atoms with Crippen LogP contribution in [0.25, 0.3) is 10.8 Å². The van der Waals surface area contributed by atoms with E-state index in [9.17, 15) is 4.79 Å². The van der Waals surface area contributed by atoms with Gasteiger partial charge >= 0.3 is 0 Å². The van der Waals surface area contributed by atoms with Crippen molar-refractivity contribution in [2.24, 2.45) is 5.73 Å². The summed E-state index contributed by atoms with van der Waals surface area (Å²) in [4.78, 5) is 16.0. The second kappa shape index (κ2) is 8.01. The fourth-order valence-corrected chi connectivity index (χ4v) is 2.25. The fraction of sp³-hybridized carbons (Fsp3) is 0.333. The van der Waals surface area contributed by atoms with Gasteiger partial charge in [-0.25, -0.2) is 4.98 Å². The number of amides is 1. The maximum absolute atomic E-state index is 11.6. The summed E-state index contributed by atoms with van der Waals surface area (Å²) in [6.45, 7) is 0.536. The third kappa shape index (κ3) is 4.31. The Bertz CT molecular complexity index is 530. The maximum Gasteiger partial charge on any atom is 0.239 e. The summed E-state index contributed by atoms with van der Waals surface area (Å²) in [6.07, 6.45) is 1.60. The zero-order chi connectivity index (χ0) is 13.7. The van der Waals surface area contributed by atoms with Crippen LogP contribution >= 0.6 is 23.7 Å². The van der Waals surface area contributed by atoms with Crippen LogP contribution in [0, 0.1) is 0 Å². The van der Waals surface area contributed by atoms with E-state index in [1.54, 1.807) is 6.26 Å². The number of carbonyl (C=O) groups excluding carboxylic acids is 1. The molecule has 1 amide bonds. The SMILES string of the molecule is COCC(N)C(=O)NCc1csc(-c2ccco2)n1.Cl. The molecule has 0 radical (unpaired) electrons. The number of hydrogen-bond donors (Lipinski definition) is 2. The zero-order valence-corrected chi connectivity index (χ0v) is 12.5. The lowest BCUT2D eigenvalue weighted by Crippen LogP contribution is -2.43. The van der Waals surface area contributed by atoms with Crippen molar-refractivity contribution in [1.29, 1.82) is 0 Å². The molecule has 2 aromatic rings. The van der Waals surface area contributed by atoms with Gasteiger partial charge in [0.2, 0.25) is 5.91 Å². The number of nitrogens with zero attached hydrogens (tertiary/aromatic N) is 1. The molecule has 0 aliphatic carbocycles. The van der Waals surface area contributed by atoms with Crippen LogP contribution in [0.3, 0.4) is 0 Å². The summed E-state index contributed by atoms with van der Waals surface area (Å²) < 4.78 is 10.1. The van der Waals surface area contributed by atoms with Crippen LogP contribution in [0.5, 0.6) is 0 Å². The minimum Gasteiger partial charge on any atom is -0.462 e. The summed E-state index contributed by atoms with van der Waals surface area (Å²) in [5, 5.41) is 5.37. The first kappa shape index (κ1) is 16.6. The van der Waals surface area contributed by atoms with Gasteiger partial charge in [-0.3, -0.25) is 4.79 Å². The van der Waals surface area contributed by atoms with E-state index in [2.05, 4.69) is 10.3 Å². The quantitative estimate of drug-likeness (QED) is 0.840. The summed E-state index contributed by atoms with van der Waals surface area (Å²) in [7, 11) is 1.50. The lowest BCUT2D eigenvalue weighted by molar-refractivity contribution is -0.123. The van der Waals surface area contributed by atoms with Crippen LogP contribution in [-0.2, 0) is 16.1 Å². The van der Waals surface area contributed by atoms with Crippen molar-refractivity contribution in [3.8, 4) is 10.8 Å². The van der Waals surface area contributed by atoms with E-state index in [0.717, 1.165) is 16.5 Å². The first-order chi connectivity index (χ1) is 9.20. The van der Waals surface area contributed by atoms with E-state index in [1.807, 2.05) is 17.5 Å². The molecule has 3 N–H and O–H groups in total. The Morgan fingerprint density at radius 1 is 1.65 bits per heavy atom. The molecule has 0 spiro atoms. The van der Waals surface area contributed by atoms with Gasteiger partial charge in [0.25, 0.3) is 0 Å². The molecule has 1 unspecified atom stereocenters. The van der Waals surface area contributed by atoms with E-state index in [1.165, 1.54) is 18.4 Å². The lowest BCUT2D eigenvalue weighted by Gasteiger charge is -2.09. The molecule has 0 fully saturated rings. The number of hydrogen-bond acceptors (Lipinski definition) is 6. The first-order valence-corrected chi connectivity index (χ1v) is 6.59. The highest BCUT2D eigenvalue weighted by molar-refractivity contribution is 7.13. The van der Waals surface area contributed by atoms with E-state index in [0.29, 0.717) is 6.54 Å². The summed E-state index contributed by atoms with van der Waals surface area (Å²) in [5.74, 6) is 0.466. The number of ether oxygens (including phenoxy) is 1. The minimum absolute atomic E-state index is 0. The van der Waals surface area contributed by atoms with Gasteiger partial charge in [0.05, 0.1) is 25.1 Å². The Morgan fingerprint density at radius 3 is 3.10 bits per heavy atom. The Kier molecular flexibility index (Phi) is 6.66. The van der Waals surface area contributed by atoms with Crippen molar-refractivity contribution < 1.29 is 13.9 Å². The largest absolute Gasteiger partial charge is 0.462 e. The highest BCUT2D eigenvalue weighted by atomic mass is 35.5. The predicted molar refractivity (Wildman–Crippen MR) is 78.8 cm³/mol. The molecule has 6 nitrogen and oxygen atoms in total.